The van der Waals surface area contributed by atoms with E-state index in [0.29, 0.717) is 0 Å². The molecule has 0 bridgehead atoms. The molecule has 0 atom stereocenters. The van der Waals surface area contributed by atoms with Gasteiger partial charge in [0.15, 0.2) is 0 Å². The summed E-state index contributed by atoms with van der Waals surface area (Å²) in [6.45, 7) is 8.81. The van der Waals surface area contributed by atoms with Gasteiger partial charge in [-0.25, -0.2) is 4.98 Å². The number of pyridine rings is 1. The molecule has 112 valence electrons. The Balaban J connectivity index is 1.87. The van der Waals surface area contributed by atoms with Crippen LogP contribution in [0, 0.1) is 0 Å². The zero-order chi connectivity index (χ0) is 14.6. The highest BCUT2D eigenvalue weighted by atomic mass is 79.9. The molecule has 1 aliphatic heterocycles. The van der Waals surface area contributed by atoms with Crippen molar-refractivity contribution in [3.8, 4) is 0 Å². The number of hydrogen-bond acceptors (Lipinski definition) is 4. The second-order valence-electron chi connectivity index (χ2n) is 5.53. The minimum atomic E-state index is -0.530. The molecular formula is C15H24BrN3O. The Labute approximate surface area is 129 Å². The van der Waals surface area contributed by atoms with Crippen LogP contribution in [0.4, 0.5) is 5.82 Å². The van der Waals surface area contributed by atoms with Crippen LogP contribution in [0.5, 0.6) is 0 Å². The van der Waals surface area contributed by atoms with Gasteiger partial charge in [0.2, 0.25) is 0 Å². The highest BCUT2D eigenvalue weighted by Crippen LogP contribution is 2.20. The van der Waals surface area contributed by atoms with E-state index >= 15 is 0 Å². The number of halogens is 1. The molecule has 1 aromatic heterocycles. The van der Waals surface area contributed by atoms with Crippen molar-refractivity contribution >= 4 is 21.7 Å². The Bertz CT molecular complexity index is 412. The number of rotatable bonds is 5. The van der Waals surface area contributed by atoms with E-state index in [9.17, 15) is 5.11 Å². The lowest BCUT2D eigenvalue weighted by atomic mass is 9.96. The van der Waals surface area contributed by atoms with E-state index in [1.54, 1.807) is 0 Å². The Morgan fingerprint density at radius 2 is 1.85 bits per heavy atom. The topological polar surface area (TPSA) is 39.6 Å². The molecule has 0 aromatic carbocycles. The summed E-state index contributed by atoms with van der Waals surface area (Å²) in [5.41, 5.74) is -0.530. The van der Waals surface area contributed by atoms with Gasteiger partial charge in [-0.3, -0.25) is 4.90 Å². The number of β-amino-alcohol motifs (C(OH)–C–C–N with tert-alkyl or cyclic N) is 1. The lowest BCUT2D eigenvalue weighted by Gasteiger charge is -2.39. The molecule has 0 unspecified atom stereocenters. The van der Waals surface area contributed by atoms with E-state index in [1.807, 2.05) is 18.3 Å². The smallest absolute Gasteiger partial charge is 0.128 e. The predicted octanol–water partition coefficient (Wildman–Crippen LogP) is 2.52. The van der Waals surface area contributed by atoms with E-state index < -0.39 is 5.60 Å². The molecule has 0 aliphatic carbocycles. The number of nitrogens with zero attached hydrogens (tertiary/aromatic N) is 3. The first kappa shape index (κ1) is 15.7. The van der Waals surface area contributed by atoms with E-state index in [4.69, 9.17) is 0 Å². The fraction of sp³-hybridized carbons (Fsp3) is 0.667. The summed E-state index contributed by atoms with van der Waals surface area (Å²) in [5, 5.41) is 10.4. The molecule has 5 heteroatoms. The van der Waals surface area contributed by atoms with Crippen LogP contribution >= 0.6 is 15.9 Å². The van der Waals surface area contributed by atoms with Crippen LogP contribution in [0.2, 0.25) is 0 Å². The SMILES string of the molecule is CCC(O)(CC)CN1CCN(c2ccc(Br)cn2)CC1. The molecule has 1 saturated heterocycles. The van der Waals surface area contributed by atoms with Crippen LogP contribution in [0.1, 0.15) is 26.7 Å². The average Bonchev–Trinajstić information content (AvgIpc) is 2.49. The van der Waals surface area contributed by atoms with Crippen LogP contribution in [0.3, 0.4) is 0 Å². The molecule has 1 aromatic rings. The number of aliphatic hydroxyl groups is 1. The van der Waals surface area contributed by atoms with Crippen LogP contribution in [0.25, 0.3) is 0 Å². The first-order valence-corrected chi connectivity index (χ1v) is 8.17. The van der Waals surface area contributed by atoms with E-state index in [-0.39, 0.29) is 0 Å². The summed E-state index contributed by atoms with van der Waals surface area (Å²) in [6, 6.07) is 4.08. The van der Waals surface area contributed by atoms with Crippen LogP contribution < -0.4 is 4.90 Å². The first-order chi connectivity index (χ1) is 9.56. The van der Waals surface area contributed by atoms with Crippen molar-refractivity contribution in [2.75, 3.05) is 37.6 Å². The van der Waals surface area contributed by atoms with Gasteiger partial charge < -0.3 is 10.0 Å². The molecule has 4 nitrogen and oxygen atoms in total. The molecule has 0 amide bonds. The third kappa shape index (κ3) is 3.93. The van der Waals surface area contributed by atoms with Gasteiger partial charge in [-0.05, 0) is 40.9 Å². The van der Waals surface area contributed by atoms with E-state index in [2.05, 4.69) is 44.6 Å². The fourth-order valence-corrected chi connectivity index (χ4v) is 2.81. The molecule has 1 fully saturated rings. The highest BCUT2D eigenvalue weighted by molar-refractivity contribution is 9.10. The van der Waals surface area contributed by atoms with E-state index in [0.717, 1.165) is 55.9 Å². The summed E-state index contributed by atoms with van der Waals surface area (Å²) in [5.74, 6) is 1.04. The summed E-state index contributed by atoms with van der Waals surface area (Å²) < 4.78 is 1.01. The molecule has 20 heavy (non-hydrogen) atoms. The molecule has 2 heterocycles. The summed E-state index contributed by atoms with van der Waals surface area (Å²) in [4.78, 5) is 9.11. The van der Waals surface area contributed by atoms with Crippen molar-refractivity contribution in [1.82, 2.24) is 9.88 Å². The zero-order valence-corrected chi connectivity index (χ0v) is 13.9. The van der Waals surface area contributed by atoms with Crippen molar-refractivity contribution < 1.29 is 5.11 Å². The monoisotopic (exact) mass is 341 g/mol. The summed E-state index contributed by atoms with van der Waals surface area (Å²) in [6.07, 6.45) is 3.48. The molecule has 1 N–H and O–H groups in total. The lowest BCUT2D eigenvalue weighted by Crippen LogP contribution is -2.52. The van der Waals surface area contributed by atoms with Crippen molar-refractivity contribution in [2.45, 2.75) is 32.3 Å². The maximum Gasteiger partial charge on any atom is 0.128 e. The molecular weight excluding hydrogens is 318 g/mol. The van der Waals surface area contributed by atoms with Gasteiger partial charge in [0, 0.05) is 43.4 Å². The van der Waals surface area contributed by atoms with Gasteiger partial charge in [-0.1, -0.05) is 13.8 Å². The normalized spacial score (nSPS) is 17.5. The van der Waals surface area contributed by atoms with Crippen molar-refractivity contribution in [3.05, 3.63) is 22.8 Å². The Hall–Kier alpha value is -0.650. The Kier molecular flexibility index (Phi) is 5.41. The van der Waals surface area contributed by atoms with Gasteiger partial charge in [0.05, 0.1) is 5.60 Å². The maximum atomic E-state index is 10.4. The maximum absolute atomic E-state index is 10.4. The largest absolute Gasteiger partial charge is 0.389 e. The van der Waals surface area contributed by atoms with E-state index in [1.165, 1.54) is 0 Å². The number of anilines is 1. The Morgan fingerprint density at radius 1 is 1.20 bits per heavy atom. The van der Waals surface area contributed by atoms with Crippen LogP contribution in [-0.4, -0.2) is 53.3 Å². The van der Waals surface area contributed by atoms with Crippen LogP contribution in [-0.2, 0) is 0 Å². The zero-order valence-electron chi connectivity index (χ0n) is 12.3. The molecule has 0 saturated carbocycles. The quantitative estimate of drug-likeness (QED) is 0.893. The van der Waals surface area contributed by atoms with Crippen LogP contribution in [0.15, 0.2) is 22.8 Å². The summed E-state index contributed by atoms with van der Waals surface area (Å²) >= 11 is 3.41. The number of aromatic nitrogens is 1. The minimum absolute atomic E-state index is 0.530. The second kappa shape index (κ2) is 6.87. The van der Waals surface area contributed by atoms with Gasteiger partial charge in [-0.15, -0.1) is 0 Å². The number of piperazine rings is 1. The third-order valence-corrected chi connectivity index (χ3v) is 4.71. The molecule has 0 radical (unpaired) electrons. The van der Waals surface area contributed by atoms with Gasteiger partial charge in [-0.2, -0.15) is 0 Å². The number of hydrogen-bond donors (Lipinski definition) is 1. The highest BCUT2D eigenvalue weighted by Gasteiger charge is 2.27. The molecule has 2 rings (SSSR count). The fourth-order valence-electron chi connectivity index (χ4n) is 2.58. The van der Waals surface area contributed by atoms with Crippen molar-refractivity contribution in [2.24, 2.45) is 0 Å². The van der Waals surface area contributed by atoms with Gasteiger partial charge in [0.1, 0.15) is 5.82 Å². The van der Waals surface area contributed by atoms with Gasteiger partial charge in [0.25, 0.3) is 0 Å². The standard InChI is InChI=1S/C15H24BrN3O/c1-3-15(20,4-2)12-18-7-9-19(10-8-18)14-6-5-13(16)11-17-14/h5-6,11,20H,3-4,7-10,12H2,1-2H3. The average molecular weight is 342 g/mol. The van der Waals surface area contributed by atoms with Crippen molar-refractivity contribution in [1.29, 1.82) is 0 Å². The third-order valence-electron chi connectivity index (χ3n) is 4.24. The minimum Gasteiger partial charge on any atom is -0.389 e. The first-order valence-electron chi connectivity index (χ1n) is 7.37. The summed E-state index contributed by atoms with van der Waals surface area (Å²) in [7, 11) is 0. The lowest BCUT2D eigenvalue weighted by molar-refractivity contribution is -0.00458. The predicted molar refractivity (Wildman–Crippen MR) is 86.1 cm³/mol. The Morgan fingerprint density at radius 3 is 2.35 bits per heavy atom. The molecule has 1 aliphatic rings. The molecule has 0 spiro atoms. The second-order valence-corrected chi connectivity index (χ2v) is 6.44. The van der Waals surface area contributed by atoms with Crippen molar-refractivity contribution in [3.63, 3.8) is 0 Å². The van der Waals surface area contributed by atoms with Gasteiger partial charge >= 0.3 is 0 Å².